The Hall–Kier alpha value is -3.32. The number of hydrogen-bond acceptors (Lipinski definition) is 4. The maximum atomic E-state index is 12.7. The molecule has 0 fully saturated rings. The molecule has 3 rings (SSSR count). The number of rotatable bonds is 7. The Bertz CT molecular complexity index is 1160. The lowest BCUT2D eigenvalue weighted by molar-refractivity contribution is 0.0951. The van der Waals surface area contributed by atoms with Crippen LogP contribution in [0.25, 0.3) is 0 Å². The number of amides is 1. The molecular weight excluding hydrogens is 400 g/mol. The Kier molecular flexibility index (Phi) is 6.42. The summed E-state index contributed by atoms with van der Waals surface area (Å²) in [5, 5.41) is 2.84. The zero-order chi connectivity index (χ0) is 21.7. The molecule has 1 amide bonds. The van der Waals surface area contributed by atoms with Crippen molar-refractivity contribution in [1.29, 1.82) is 0 Å². The van der Waals surface area contributed by atoms with E-state index in [9.17, 15) is 13.2 Å². The van der Waals surface area contributed by atoms with Crippen molar-refractivity contribution >= 4 is 21.6 Å². The Morgan fingerprint density at radius 1 is 0.967 bits per heavy atom. The molecule has 3 aromatic carbocycles. The average Bonchev–Trinajstić information content (AvgIpc) is 2.74. The van der Waals surface area contributed by atoms with E-state index in [-0.39, 0.29) is 10.8 Å². The van der Waals surface area contributed by atoms with Gasteiger partial charge in [0.15, 0.2) is 0 Å². The maximum Gasteiger partial charge on any atom is 0.262 e. The molecule has 0 bridgehead atoms. The van der Waals surface area contributed by atoms with Crippen molar-refractivity contribution in [2.75, 3.05) is 11.8 Å². The molecule has 156 valence electrons. The van der Waals surface area contributed by atoms with Gasteiger partial charge in [-0.3, -0.25) is 9.52 Å². The van der Waals surface area contributed by atoms with Crippen LogP contribution in [-0.2, 0) is 16.6 Å². The largest absolute Gasteiger partial charge is 0.497 e. The minimum absolute atomic E-state index is 0.239. The van der Waals surface area contributed by atoms with Crippen molar-refractivity contribution in [3.63, 3.8) is 0 Å². The van der Waals surface area contributed by atoms with Crippen LogP contribution in [0.3, 0.4) is 0 Å². The number of aryl methyl sites for hydroxylation is 2. The zero-order valence-corrected chi connectivity index (χ0v) is 17.9. The fourth-order valence-corrected chi connectivity index (χ4v) is 4.35. The normalized spacial score (nSPS) is 11.0. The van der Waals surface area contributed by atoms with Crippen LogP contribution in [0, 0.1) is 13.8 Å². The minimum Gasteiger partial charge on any atom is -0.497 e. The van der Waals surface area contributed by atoms with Crippen LogP contribution < -0.4 is 14.8 Å². The van der Waals surface area contributed by atoms with Crippen molar-refractivity contribution in [1.82, 2.24) is 5.32 Å². The number of nitrogens with one attached hydrogen (secondary N) is 2. The molecule has 0 unspecified atom stereocenters. The summed E-state index contributed by atoms with van der Waals surface area (Å²) in [4.78, 5) is 12.6. The van der Waals surface area contributed by atoms with Crippen LogP contribution in [0.2, 0.25) is 0 Å². The molecule has 0 radical (unpaired) electrons. The van der Waals surface area contributed by atoms with Crippen molar-refractivity contribution in [2.24, 2.45) is 0 Å². The van der Waals surface area contributed by atoms with Gasteiger partial charge in [-0.25, -0.2) is 8.42 Å². The lowest BCUT2D eigenvalue weighted by Crippen LogP contribution is -2.22. The van der Waals surface area contributed by atoms with E-state index in [1.54, 1.807) is 50.4 Å². The first-order valence-electron chi connectivity index (χ1n) is 9.40. The number of benzene rings is 3. The number of carbonyl (C=O) groups excluding carboxylic acids is 1. The highest BCUT2D eigenvalue weighted by Gasteiger charge is 2.17. The monoisotopic (exact) mass is 424 g/mol. The molecule has 0 aliphatic carbocycles. The van der Waals surface area contributed by atoms with Gasteiger partial charge in [0.2, 0.25) is 0 Å². The molecule has 0 aromatic heterocycles. The standard InChI is InChI=1S/C23H24N2O4S/c1-16-7-8-17(2)22(13-16)30(27,28)25-20-11-9-19(10-12-20)23(26)24-15-18-5-4-6-21(14-18)29-3/h4-14,25H,15H2,1-3H3,(H,24,26). The van der Waals surface area contributed by atoms with Gasteiger partial charge < -0.3 is 10.1 Å². The fraction of sp³-hybridized carbons (Fsp3) is 0.174. The van der Waals surface area contributed by atoms with Crippen molar-refractivity contribution in [3.05, 3.63) is 89.0 Å². The second-order valence-electron chi connectivity index (χ2n) is 6.99. The number of hydrogen-bond donors (Lipinski definition) is 2. The number of carbonyl (C=O) groups is 1. The predicted octanol–water partition coefficient (Wildman–Crippen LogP) is 4.04. The van der Waals surface area contributed by atoms with Crippen LogP contribution in [0.4, 0.5) is 5.69 Å². The lowest BCUT2D eigenvalue weighted by atomic mass is 10.1. The zero-order valence-electron chi connectivity index (χ0n) is 17.1. The second-order valence-corrected chi connectivity index (χ2v) is 8.64. The van der Waals surface area contributed by atoms with Gasteiger partial charge in [-0.1, -0.05) is 24.3 Å². The highest BCUT2D eigenvalue weighted by Crippen LogP contribution is 2.21. The van der Waals surface area contributed by atoms with Gasteiger partial charge in [-0.05, 0) is 73.0 Å². The molecule has 0 heterocycles. The van der Waals surface area contributed by atoms with Gasteiger partial charge in [0.25, 0.3) is 15.9 Å². The summed E-state index contributed by atoms with van der Waals surface area (Å²) >= 11 is 0. The van der Waals surface area contributed by atoms with Gasteiger partial charge in [-0.2, -0.15) is 0 Å². The van der Waals surface area contributed by atoms with Crippen LogP contribution in [0.15, 0.2) is 71.6 Å². The van der Waals surface area contributed by atoms with Gasteiger partial charge in [0.05, 0.1) is 12.0 Å². The van der Waals surface area contributed by atoms with Crippen LogP contribution in [0.1, 0.15) is 27.0 Å². The van der Waals surface area contributed by atoms with Gasteiger partial charge in [0, 0.05) is 17.8 Å². The second kappa shape index (κ2) is 9.00. The first-order chi connectivity index (χ1) is 14.3. The summed E-state index contributed by atoms with van der Waals surface area (Å²) < 4.78 is 33.2. The highest BCUT2D eigenvalue weighted by atomic mass is 32.2. The molecule has 0 spiro atoms. The quantitative estimate of drug-likeness (QED) is 0.599. The van der Waals surface area contributed by atoms with Gasteiger partial charge in [-0.15, -0.1) is 0 Å². The summed E-state index contributed by atoms with van der Waals surface area (Å²) in [6, 6.07) is 19.0. The summed E-state index contributed by atoms with van der Waals surface area (Å²) in [7, 11) is -2.12. The Labute approximate surface area is 177 Å². The summed E-state index contributed by atoms with van der Waals surface area (Å²) in [5.74, 6) is 0.476. The number of ether oxygens (including phenoxy) is 1. The molecule has 2 N–H and O–H groups in total. The third-order valence-electron chi connectivity index (χ3n) is 4.62. The summed E-state index contributed by atoms with van der Waals surface area (Å²) in [6.07, 6.45) is 0. The van der Waals surface area contributed by atoms with Crippen molar-refractivity contribution in [2.45, 2.75) is 25.3 Å². The first kappa shape index (κ1) is 21.4. The van der Waals surface area contributed by atoms with E-state index >= 15 is 0 Å². The van der Waals surface area contributed by atoms with E-state index in [2.05, 4.69) is 10.0 Å². The van der Waals surface area contributed by atoms with Crippen molar-refractivity contribution in [3.8, 4) is 5.75 Å². The van der Waals surface area contributed by atoms with Crippen LogP contribution in [-0.4, -0.2) is 21.4 Å². The van der Waals surface area contributed by atoms with E-state index in [1.165, 1.54) is 0 Å². The average molecular weight is 425 g/mol. The Morgan fingerprint density at radius 2 is 1.70 bits per heavy atom. The van der Waals surface area contributed by atoms with Crippen LogP contribution in [0.5, 0.6) is 5.75 Å². The van der Waals surface area contributed by atoms with Gasteiger partial charge in [0.1, 0.15) is 5.75 Å². The minimum atomic E-state index is -3.71. The SMILES string of the molecule is COc1cccc(CNC(=O)c2ccc(NS(=O)(=O)c3cc(C)ccc3C)cc2)c1. The Morgan fingerprint density at radius 3 is 2.40 bits per heavy atom. The molecule has 0 aliphatic heterocycles. The smallest absolute Gasteiger partial charge is 0.262 e. The third-order valence-corrected chi connectivity index (χ3v) is 6.14. The lowest BCUT2D eigenvalue weighted by Gasteiger charge is -2.12. The predicted molar refractivity (Wildman–Crippen MR) is 117 cm³/mol. The molecule has 0 saturated heterocycles. The van der Waals surface area contributed by atoms with E-state index in [0.717, 1.165) is 16.9 Å². The van der Waals surface area contributed by atoms with E-state index in [1.807, 2.05) is 37.3 Å². The molecule has 3 aromatic rings. The number of methoxy groups -OCH3 is 1. The third kappa shape index (κ3) is 5.18. The Balaban J connectivity index is 1.66. The maximum absolute atomic E-state index is 12.7. The topological polar surface area (TPSA) is 84.5 Å². The van der Waals surface area contributed by atoms with E-state index < -0.39 is 10.0 Å². The van der Waals surface area contributed by atoms with E-state index in [0.29, 0.717) is 23.4 Å². The molecule has 0 atom stereocenters. The van der Waals surface area contributed by atoms with E-state index in [4.69, 9.17) is 4.74 Å². The molecule has 30 heavy (non-hydrogen) atoms. The summed E-state index contributed by atoms with van der Waals surface area (Å²) in [6.45, 7) is 3.96. The molecular formula is C23H24N2O4S. The summed E-state index contributed by atoms with van der Waals surface area (Å²) in [5.41, 5.74) is 3.28. The number of anilines is 1. The first-order valence-corrected chi connectivity index (χ1v) is 10.9. The molecule has 6 nitrogen and oxygen atoms in total. The van der Waals surface area contributed by atoms with Gasteiger partial charge >= 0.3 is 0 Å². The molecule has 7 heteroatoms. The fourth-order valence-electron chi connectivity index (χ4n) is 2.96. The highest BCUT2D eigenvalue weighted by molar-refractivity contribution is 7.92. The number of sulfonamides is 1. The van der Waals surface area contributed by atoms with Crippen molar-refractivity contribution < 1.29 is 17.9 Å². The molecule has 0 saturated carbocycles. The molecule has 0 aliphatic rings. The van der Waals surface area contributed by atoms with Crippen LogP contribution >= 0.6 is 0 Å².